The number of aryl methyl sites for hydroxylation is 1. The maximum Gasteiger partial charge on any atom is 0.310 e. The first kappa shape index (κ1) is 20.5. The lowest BCUT2D eigenvalue weighted by molar-refractivity contribution is -0.138. The topological polar surface area (TPSA) is 72.5 Å². The van der Waals surface area contributed by atoms with Gasteiger partial charge in [0.15, 0.2) is 0 Å². The van der Waals surface area contributed by atoms with E-state index in [-0.39, 0.29) is 6.04 Å². The summed E-state index contributed by atoms with van der Waals surface area (Å²) >= 11 is 0. The number of hydrogen-bond donors (Lipinski definition) is 2. The zero-order chi connectivity index (χ0) is 20.0. The van der Waals surface area contributed by atoms with Crippen LogP contribution in [0.4, 0.5) is 0 Å². The van der Waals surface area contributed by atoms with E-state index in [2.05, 4.69) is 31.2 Å². The highest BCUT2D eigenvalue weighted by molar-refractivity contribution is 5.86. The highest BCUT2D eigenvalue weighted by atomic mass is 16.5. The summed E-state index contributed by atoms with van der Waals surface area (Å²) in [6.45, 7) is 5.75. The molecule has 3 rings (SSSR count). The number of hydrogen-bond acceptors (Lipinski definition) is 3. The van der Waals surface area contributed by atoms with E-state index in [0.29, 0.717) is 0 Å². The third kappa shape index (κ3) is 5.56. The molecule has 4 nitrogen and oxygen atoms in total. The minimum Gasteiger partial charge on any atom is -0.497 e. The number of nitrogens with two attached hydrogens (primary N) is 1. The number of benzene rings is 3. The maximum atomic E-state index is 10.9. The molecule has 0 bridgehead atoms. The van der Waals surface area contributed by atoms with E-state index in [4.69, 9.17) is 15.6 Å². The number of rotatable bonds is 4. The monoisotopic (exact) mass is 365 g/mol. The first-order valence-electron chi connectivity index (χ1n) is 8.94. The molecular weight excluding hydrogens is 338 g/mol. The number of fused-ring (bicyclic) bond motifs is 1. The van der Waals surface area contributed by atoms with Crippen LogP contribution in [0.5, 0.6) is 5.75 Å². The van der Waals surface area contributed by atoms with Crippen LogP contribution < -0.4 is 10.5 Å². The van der Waals surface area contributed by atoms with Gasteiger partial charge in [-0.1, -0.05) is 54.1 Å². The molecule has 3 aromatic carbocycles. The zero-order valence-electron chi connectivity index (χ0n) is 16.3. The molecule has 0 heterocycles. The van der Waals surface area contributed by atoms with Gasteiger partial charge in [-0.25, -0.2) is 0 Å². The first-order chi connectivity index (χ1) is 12.8. The van der Waals surface area contributed by atoms with Crippen molar-refractivity contribution < 1.29 is 14.6 Å². The van der Waals surface area contributed by atoms with Crippen LogP contribution in [0.15, 0.2) is 60.7 Å². The third-order valence-corrected chi connectivity index (χ3v) is 4.55. The minimum atomic E-state index is -0.808. The fraction of sp³-hybridized carbons (Fsp3) is 0.261. The lowest BCUT2D eigenvalue weighted by Crippen LogP contribution is -2.06. The van der Waals surface area contributed by atoms with E-state index in [9.17, 15) is 4.79 Å². The summed E-state index contributed by atoms with van der Waals surface area (Å²) in [5, 5.41) is 11.0. The normalized spacial score (nSPS) is 12.6. The van der Waals surface area contributed by atoms with Crippen molar-refractivity contribution in [2.24, 2.45) is 5.73 Å². The molecule has 0 aliphatic heterocycles. The Labute approximate surface area is 160 Å². The maximum absolute atomic E-state index is 10.9. The summed E-state index contributed by atoms with van der Waals surface area (Å²) in [7, 11) is 1.63. The predicted octanol–water partition coefficient (Wildman–Crippen LogP) is 5.05. The lowest BCUT2D eigenvalue weighted by Gasteiger charge is -2.08. The van der Waals surface area contributed by atoms with Crippen LogP contribution in [-0.2, 0) is 4.79 Å². The second-order valence-electron chi connectivity index (χ2n) is 6.73. The summed E-state index contributed by atoms with van der Waals surface area (Å²) in [5.41, 5.74) is 8.96. The number of methoxy groups -OCH3 is 1. The van der Waals surface area contributed by atoms with Gasteiger partial charge in [-0.2, -0.15) is 0 Å². The average molecular weight is 365 g/mol. The van der Waals surface area contributed by atoms with Gasteiger partial charge in [-0.15, -0.1) is 0 Å². The highest BCUT2D eigenvalue weighted by Crippen LogP contribution is 2.25. The van der Waals surface area contributed by atoms with E-state index < -0.39 is 11.9 Å². The van der Waals surface area contributed by atoms with E-state index in [1.54, 1.807) is 14.0 Å². The molecule has 0 fully saturated rings. The molecule has 142 valence electrons. The number of aliphatic carboxylic acids is 1. The Kier molecular flexibility index (Phi) is 6.97. The number of carboxylic acids is 1. The van der Waals surface area contributed by atoms with Crippen LogP contribution >= 0.6 is 0 Å². The van der Waals surface area contributed by atoms with Gasteiger partial charge < -0.3 is 15.6 Å². The summed E-state index contributed by atoms with van der Waals surface area (Å²) in [6, 6.07) is 19.9. The third-order valence-electron chi connectivity index (χ3n) is 4.55. The molecule has 3 N–H and O–H groups in total. The Bertz CT molecular complexity index is 901. The van der Waals surface area contributed by atoms with Crippen molar-refractivity contribution in [1.82, 2.24) is 0 Å². The number of carboxylic acid groups (broad SMARTS) is 1. The molecule has 0 aromatic heterocycles. The van der Waals surface area contributed by atoms with Gasteiger partial charge in [0.25, 0.3) is 0 Å². The summed E-state index contributed by atoms with van der Waals surface area (Å²) < 4.78 is 5.14. The van der Waals surface area contributed by atoms with E-state index in [1.807, 2.05) is 43.3 Å². The molecule has 27 heavy (non-hydrogen) atoms. The van der Waals surface area contributed by atoms with E-state index in [0.717, 1.165) is 22.1 Å². The molecular formula is C23H27NO3. The second kappa shape index (κ2) is 9.19. The predicted molar refractivity (Wildman–Crippen MR) is 110 cm³/mol. The lowest BCUT2D eigenvalue weighted by atomic mass is 9.98. The Balaban J connectivity index is 0.000000223. The van der Waals surface area contributed by atoms with E-state index in [1.165, 1.54) is 11.1 Å². The molecule has 2 atom stereocenters. The van der Waals surface area contributed by atoms with Crippen molar-refractivity contribution in [3.05, 3.63) is 77.4 Å². The molecule has 0 radical (unpaired) electrons. The van der Waals surface area contributed by atoms with Crippen LogP contribution in [0.25, 0.3) is 10.8 Å². The van der Waals surface area contributed by atoms with Crippen LogP contribution in [0, 0.1) is 6.92 Å². The molecule has 2 unspecified atom stereocenters. The molecule has 4 heteroatoms. The molecule has 0 aliphatic rings. The van der Waals surface area contributed by atoms with Crippen molar-refractivity contribution in [2.45, 2.75) is 32.7 Å². The largest absolute Gasteiger partial charge is 0.497 e. The summed E-state index contributed by atoms with van der Waals surface area (Å²) in [4.78, 5) is 10.9. The van der Waals surface area contributed by atoms with Crippen LogP contribution in [0.2, 0.25) is 0 Å². The molecule has 0 saturated heterocycles. The van der Waals surface area contributed by atoms with Crippen molar-refractivity contribution in [3.8, 4) is 5.75 Å². The van der Waals surface area contributed by atoms with Gasteiger partial charge in [0.05, 0.1) is 13.0 Å². The Morgan fingerprint density at radius 1 is 0.926 bits per heavy atom. The Morgan fingerprint density at radius 2 is 1.48 bits per heavy atom. The van der Waals surface area contributed by atoms with Gasteiger partial charge in [-0.3, -0.25) is 4.79 Å². The van der Waals surface area contributed by atoms with Gasteiger partial charge in [-0.05, 0) is 54.8 Å². The number of ether oxygens (including phenoxy) is 1. The van der Waals surface area contributed by atoms with Gasteiger partial charge >= 0.3 is 5.97 Å². The molecule has 0 aliphatic carbocycles. The molecule has 0 saturated carbocycles. The summed E-state index contributed by atoms with van der Waals surface area (Å²) in [6.07, 6.45) is 0. The van der Waals surface area contributed by atoms with Crippen molar-refractivity contribution in [2.75, 3.05) is 7.11 Å². The fourth-order valence-electron chi connectivity index (χ4n) is 2.65. The molecule has 0 spiro atoms. The minimum absolute atomic E-state index is 0.153. The van der Waals surface area contributed by atoms with Crippen molar-refractivity contribution >= 4 is 16.7 Å². The molecule has 3 aromatic rings. The van der Waals surface area contributed by atoms with E-state index >= 15 is 0 Å². The Hall–Kier alpha value is -2.85. The van der Waals surface area contributed by atoms with Gasteiger partial charge in [0.1, 0.15) is 5.75 Å². The fourth-order valence-corrected chi connectivity index (χ4v) is 2.65. The van der Waals surface area contributed by atoms with Crippen LogP contribution in [0.3, 0.4) is 0 Å². The SMILES string of the molecule is COc1ccc2cc(C(C)C(=O)O)ccc2c1.Cc1ccc(C(C)N)cc1. The van der Waals surface area contributed by atoms with Gasteiger partial charge in [0, 0.05) is 6.04 Å². The van der Waals surface area contributed by atoms with Crippen LogP contribution in [0.1, 0.15) is 42.5 Å². The number of carbonyl (C=O) groups is 1. The smallest absolute Gasteiger partial charge is 0.310 e. The highest BCUT2D eigenvalue weighted by Gasteiger charge is 2.13. The van der Waals surface area contributed by atoms with Crippen LogP contribution in [-0.4, -0.2) is 18.2 Å². The quantitative estimate of drug-likeness (QED) is 0.678. The molecule has 0 amide bonds. The van der Waals surface area contributed by atoms with Gasteiger partial charge in [0.2, 0.25) is 0 Å². The summed E-state index contributed by atoms with van der Waals surface area (Å²) in [5.74, 6) is -0.490. The van der Waals surface area contributed by atoms with Crippen molar-refractivity contribution in [3.63, 3.8) is 0 Å². The zero-order valence-corrected chi connectivity index (χ0v) is 16.3. The first-order valence-corrected chi connectivity index (χ1v) is 8.94. The Morgan fingerprint density at radius 3 is 2.04 bits per heavy atom. The standard InChI is InChI=1S/C14H14O3.C9H13N/c1-9(14(15)16)10-3-4-12-8-13(17-2)6-5-11(12)7-10;1-7-3-5-9(6-4-7)8(2)10/h3-9H,1-2H3,(H,15,16);3-6,8H,10H2,1-2H3. The second-order valence-corrected chi connectivity index (χ2v) is 6.73. The average Bonchev–Trinajstić information content (AvgIpc) is 2.67. The van der Waals surface area contributed by atoms with Crippen molar-refractivity contribution in [1.29, 1.82) is 0 Å².